The third-order valence-corrected chi connectivity index (χ3v) is 6.64. The fourth-order valence-electron chi connectivity index (χ4n) is 4.63. The van der Waals surface area contributed by atoms with Crippen molar-refractivity contribution < 1.29 is 9.53 Å². The Morgan fingerprint density at radius 3 is 2.69 bits per heavy atom. The fraction of sp³-hybridized carbons (Fsp3) is 0.650. The summed E-state index contributed by atoms with van der Waals surface area (Å²) in [6.07, 6.45) is 3.43. The molecule has 4 rings (SSSR count). The molecule has 1 aromatic carbocycles. The summed E-state index contributed by atoms with van der Waals surface area (Å²) in [5.74, 6) is 1.55. The minimum atomic E-state index is 0.282. The number of nitrogens with zero attached hydrogens (tertiary/aromatic N) is 2. The Morgan fingerprint density at radius 2 is 2.00 bits per heavy atom. The van der Waals surface area contributed by atoms with Crippen LogP contribution in [0.1, 0.15) is 24.8 Å². The summed E-state index contributed by atoms with van der Waals surface area (Å²) in [6, 6.07) is 5.75. The van der Waals surface area contributed by atoms with Crippen LogP contribution in [0.3, 0.4) is 0 Å². The number of rotatable bonds is 4. The molecule has 3 aliphatic rings. The summed E-state index contributed by atoms with van der Waals surface area (Å²) in [4.78, 5) is 17.4. The highest BCUT2D eigenvalue weighted by Gasteiger charge is 2.58. The molecule has 0 radical (unpaired) electrons. The van der Waals surface area contributed by atoms with Crippen molar-refractivity contribution in [1.82, 2.24) is 15.1 Å². The zero-order valence-electron chi connectivity index (χ0n) is 15.5. The number of benzene rings is 1. The summed E-state index contributed by atoms with van der Waals surface area (Å²) >= 11 is 6.14. The van der Waals surface area contributed by atoms with Crippen LogP contribution in [0.4, 0.5) is 0 Å². The molecule has 142 valence electrons. The van der Waals surface area contributed by atoms with Gasteiger partial charge in [-0.05, 0) is 56.0 Å². The van der Waals surface area contributed by atoms with Gasteiger partial charge in [0.25, 0.3) is 0 Å². The Hall–Kier alpha value is -1.30. The minimum absolute atomic E-state index is 0.282. The average Bonchev–Trinajstić information content (AvgIpc) is 3.35. The van der Waals surface area contributed by atoms with Gasteiger partial charge in [0.15, 0.2) is 0 Å². The Kier molecular flexibility index (Phi) is 5.13. The first-order valence-corrected chi connectivity index (χ1v) is 10.0. The Labute approximate surface area is 160 Å². The molecule has 1 unspecified atom stereocenters. The summed E-state index contributed by atoms with van der Waals surface area (Å²) in [5, 5.41) is 4.14. The third kappa shape index (κ3) is 3.57. The van der Waals surface area contributed by atoms with Crippen molar-refractivity contribution in [3.63, 3.8) is 0 Å². The lowest BCUT2D eigenvalue weighted by atomic mass is 9.91. The zero-order valence-corrected chi connectivity index (χ0v) is 16.2. The smallest absolute Gasteiger partial charge is 0.226 e. The number of hydrogen-bond acceptors (Lipinski definition) is 4. The highest BCUT2D eigenvalue weighted by Crippen LogP contribution is 2.59. The number of amides is 1. The molecule has 1 saturated carbocycles. The fourth-order valence-corrected chi connectivity index (χ4v) is 4.83. The molecule has 6 heteroatoms. The molecule has 1 amide bonds. The minimum Gasteiger partial charge on any atom is -0.496 e. The first kappa shape index (κ1) is 18.1. The van der Waals surface area contributed by atoms with Crippen LogP contribution in [0.25, 0.3) is 0 Å². The summed E-state index contributed by atoms with van der Waals surface area (Å²) in [5.41, 5.74) is 1.43. The van der Waals surface area contributed by atoms with Gasteiger partial charge in [-0.3, -0.25) is 9.69 Å². The van der Waals surface area contributed by atoms with E-state index >= 15 is 0 Å². The molecule has 1 spiro atoms. The number of ether oxygens (including phenoxy) is 1. The van der Waals surface area contributed by atoms with E-state index in [1.165, 1.54) is 0 Å². The van der Waals surface area contributed by atoms with Crippen molar-refractivity contribution in [2.45, 2.75) is 25.8 Å². The van der Waals surface area contributed by atoms with Gasteiger partial charge in [-0.25, -0.2) is 0 Å². The average molecular weight is 378 g/mol. The van der Waals surface area contributed by atoms with Crippen LogP contribution in [-0.2, 0) is 11.3 Å². The molecule has 0 bridgehead atoms. The number of piperazine rings is 1. The molecule has 26 heavy (non-hydrogen) atoms. The monoisotopic (exact) mass is 377 g/mol. The molecule has 2 aliphatic heterocycles. The topological polar surface area (TPSA) is 44.8 Å². The summed E-state index contributed by atoms with van der Waals surface area (Å²) < 4.78 is 5.45. The standard InChI is InChI=1S/C20H28ClN3O2/c1-26-18-3-2-16(21)12-15(18)14-23-8-10-24(11-9-23)19(25)17-13-20(17)4-6-22-7-5-20/h2-3,12,17,22H,4-11,13-14H2,1H3. The molecule has 5 nitrogen and oxygen atoms in total. The van der Waals surface area contributed by atoms with E-state index in [4.69, 9.17) is 16.3 Å². The highest BCUT2D eigenvalue weighted by molar-refractivity contribution is 6.30. The van der Waals surface area contributed by atoms with E-state index < -0.39 is 0 Å². The second-order valence-corrected chi connectivity index (χ2v) is 8.36. The van der Waals surface area contributed by atoms with Gasteiger partial charge in [0, 0.05) is 49.2 Å². The molecule has 1 aromatic rings. The van der Waals surface area contributed by atoms with Crippen molar-refractivity contribution in [2.24, 2.45) is 11.3 Å². The van der Waals surface area contributed by atoms with Crippen molar-refractivity contribution in [3.8, 4) is 5.75 Å². The predicted octanol–water partition coefficient (Wildman–Crippen LogP) is 2.38. The van der Waals surface area contributed by atoms with Gasteiger partial charge in [0.1, 0.15) is 5.75 Å². The van der Waals surface area contributed by atoms with Crippen molar-refractivity contribution in [3.05, 3.63) is 28.8 Å². The quantitative estimate of drug-likeness (QED) is 0.875. The first-order valence-electron chi connectivity index (χ1n) is 9.66. The molecular weight excluding hydrogens is 350 g/mol. The number of hydrogen-bond donors (Lipinski definition) is 1. The van der Waals surface area contributed by atoms with Gasteiger partial charge >= 0.3 is 0 Å². The van der Waals surface area contributed by atoms with E-state index in [1.807, 2.05) is 18.2 Å². The SMILES string of the molecule is COc1ccc(Cl)cc1CN1CCN(C(=O)C2CC23CCNCC3)CC1. The normalized spacial score (nSPS) is 25.3. The maximum absolute atomic E-state index is 12.9. The van der Waals surface area contributed by atoms with E-state index in [2.05, 4.69) is 15.1 Å². The van der Waals surface area contributed by atoms with Crippen LogP contribution in [0.15, 0.2) is 18.2 Å². The molecule has 0 aromatic heterocycles. The van der Waals surface area contributed by atoms with Crippen molar-refractivity contribution >= 4 is 17.5 Å². The lowest BCUT2D eigenvalue weighted by Crippen LogP contribution is -2.49. The van der Waals surface area contributed by atoms with Crippen LogP contribution in [0.5, 0.6) is 5.75 Å². The number of carbonyl (C=O) groups is 1. The number of piperidine rings is 1. The molecule has 2 heterocycles. The van der Waals surface area contributed by atoms with Gasteiger partial charge in [0.2, 0.25) is 5.91 Å². The Bertz CT molecular complexity index is 667. The van der Waals surface area contributed by atoms with Crippen LogP contribution in [0, 0.1) is 11.3 Å². The number of carbonyl (C=O) groups excluding carboxylic acids is 1. The molecule has 1 N–H and O–H groups in total. The predicted molar refractivity (Wildman–Crippen MR) is 103 cm³/mol. The largest absolute Gasteiger partial charge is 0.496 e. The number of methoxy groups -OCH3 is 1. The molecule has 1 aliphatic carbocycles. The zero-order chi connectivity index (χ0) is 18.1. The highest BCUT2D eigenvalue weighted by atomic mass is 35.5. The van der Waals surface area contributed by atoms with Crippen molar-refractivity contribution in [1.29, 1.82) is 0 Å². The second-order valence-electron chi connectivity index (χ2n) is 7.93. The number of halogens is 1. The lowest BCUT2D eigenvalue weighted by molar-refractivity contribution is -0.135. The first-order chi connectivity index (χ1) is 12.6. The number of nitrogens with one attached hydrogen (secondary N) is 1. The van der Waals surface area contributed by atoms with E-state index in [-0.39, 0.29) is 5.92 Å². The van der Waals surface area contributed by atoms with Gasteiger partial charge in [-0.1, -0.05) is 11.6 Å². The van der Waals surface area contributed by atoms with Gasteiger partial charge in [-0.15, -0.1) is 0 Å². The van der Waals surface area contributed by atoms with Crippen LogP contribution in [0.2, 0.25) is 5.02 Å². The van der Waals surface area contributed by atoms with E-state index in [0.29, 0.717) is 11.3 Å². The second kappa shape index (κ2) is 7.37. The molecule has 1 atom stereocenters. The Balaban J connectivity index is 1.31. The van der Waals surface area contributed by atoms with E-state index in [1.54, 1.807) is 7.11 Å². The van der Waals surface area contributed by atoms with Crippen LogP contribution in [-0.4, -0.2) is 62.1 Å². The van der Waals surface area contributed by atoms with Gasteiger partial charge in [-0.2, -0.15) is 0 Å². The third-order valence-electron chi connectivity index (χ3n) is 6.41. The molecule has 2 saturated heterocycles. The molecular formula is C20H28ClN3O2. The van der Waals surface area contributed by atoms with Crippen LogP contribution >= 0.6 is 11.6 Å². The van der Waals surface area contributed by atoms with Gasteiger partial charge in [0.05, 0.1) is 7.11 Å². The maximum Gasteiger partial charge on any atom is 0.226 e. The summed E-state index contributed by atoms with van der Waals surface area (Å²) in [7, 11) is 1.69. The van der Waals surface area contributed by atoms with E-state index in [9.17, 15) is 4.79 Å². The van der Waals surface area contributed by atoms with E-state index in [0.717, 1.165) is 81.4 Å². The van der Waals surface area contributed by atoms with Crippen molar-refractivity contribution in [2.75, 3.05) is 46.4 Å². The van der Waals surface area contributed by atoms with Gasteiger partial charge < -0.3 is 15.0 Å². The molecule has 3 fully saturated rings. The summed E-state index contributed by atoms with van der Waals surface area (Å²) in [6.45, 7) is 6.41. The maximum atomic E-state index is 12.9. The Morgan fingerprint density at radius 1 is 1.27 bits per heavy atom. The lowest BCUT2D eigenvalue weighted by Gasteiger charge is -2.35. The van der Waals surface area contributed by atoms with Crippen LogP contribution < -0.4 is 10.1 Å².